The molecule has 0 aliphatic heterocycles. The maximum Gasteiger partial charge on any atom is 0.0214 e. The molecular weight excluding hydrogens is 140 g/mol. The highest BCUT2D eigenvalue weighted by Crippen LogP contribution is 2.16. The molecule has 0 aromatic carbocycles. The fraction of sp³-hybridized carbons (Fsp3) is 0.600. The minimum absolute atomic E-state index is 0.748. The van der Waals surface area contributed by atoms with E-state index in [-0.39, 0.29) is 0 Å². The summed E-state index contributed by atoms with van der Waals surface area (Å²) in [4.78, 5) is 0.748. The Morgan fingerprint density at radius 1 is 1.33 bits per heavy atom. The summed E-state index contributed by atoms with van der Waals surface area (Å²) in [6.07, 6.45) is 6.86. The van der Waals surface area contributed by atoms with E-state index in [0.29, 0.717) is 0 Å². The zero-order valence-electron chi connectivity index (χ0n) is 3.52. The number of hydrogen-bond donors (Lipinski definition) is 0. The third-order valence-electron chi connectivity index (χ3n) is 0.950. The molecule has 0 saturated heterocycles. The van der Waals surface area contributed by atoms with E-state index >= 15 is 0 Å². The van der Waals surface area contributed by atoms with Crippen LogP contribution in [0.5, 0.6) is 0 Å². The fourth-order valence-corrected chi connectivity index (χ4v) is 1.02. The Hall–Kier alpha value is 0.220. The molecular formula is C5H7Br. The topological polar surface area (TPSA) is 0 Å². The van der Waals surface area contributed by atoms with Gasteiger partial charge < -0.3 is 0 Å². The summed E-state index contributed by atoms with van der Waals surface area (Å²) in [6.45, 7) is 0. The van der Waals surface area contributed by atoms with E-state index in [1.165, 1.54) is 12.8 Å². The summed E-state index contributed by atoms with van der Waals surface area (Å²) in [6, 6.07) is 0. The molecule has 0 unspecified atom stereocenters. The van der Waals surface area contributed by atoms with Crippen molar-refractivity contribution in [1.82, 2.24) is 0 Å². The first kappa shape index (κ1) is 4.38. The van der Waals surface area contributed by atoms with Crippen LogP contribution in [0.25, 0.3) is 0 Å². The molecule has 0 aromatic rings. The first-order valence-corrected chi connectivity index (χ1v) is 3.10. The zero-order valence-corrected chi connectivity index (χ0v) is 5.11. The van der Waals surface area contributed by atoms with Gasteiger partial charge in [-0.05, 0) is 12.8 Å². The van der Waals surface area contributed by atoms with Crippen molar-refractivity contribution in [2.45, 2.75) is 17.7 Å². The highest BCUT2D eigenvalue weighted by molar-refractivity contribution is 9.09. The van der Waals surface area contributed by atoms with Gasteiger partial charge in [0.2, 0.25) is 0 Å². The van der Waals surface area contributed by atoms with Gasteiger partial charge in [0.15, 0.2) is 0 Å². The molecule has 0 bridgehead atoms. The van der Waals surface area contributed by atoms with Gasteiger partial charge in [0.05, 0.1) is 0 Å². The van der Waals surface area contributed by atoms with Crippen molar-refractivity contribution in [3.05, 3.63) is 12.2 Å². The molecule has 0 heterocycles. The summed E-state index contributed by atoms with van der Waals surface area (Å²) < 4.78 is 0. The molecule has 1 rings (SSSR count). The Labute approximate surface area is 46.4 Å². The maximum atomic E-state index is 3.48. The molecule has 0 amide bonds. The summed E-state index contributed by atoms with van der Waals surface area (Å²) in [5.41, 5.74) is 0. The second-order valence-electron chi connectivity index (χ2n) is 1.54. The lowest BCUT2D eigenvalue weighted by Gasteiger charge is -1.89. The van der Waals surface area contributed by atoms with Crippen LogP contribution in [0.2, 0.25) is 0 Å². The van der Waals surface area contributed by atoms with E-state index in [4.69, 9.17) is 0 Å². The molecule has 0 radical (unpaired) electrons. The van der Waals surface area contributed by atoms with Gasteiger partial charge in [0.1, 0.15) is 0 Å². The summed E-state index contributed by atoms with van der Waals surface area (Å²) in [5, 5.41) is 0. The average Bonchev–Trinajstić information content (AvgIpc) is 1.86. The maximum absolute atomic E-state index is 3.48. The Bertz CT molecular complexity index is 58.3. The van der Waals surface area contributed by atoms with Crippen molar-refractivity contribution < 1.29 is 0 Å². The molecule has 0 aromatic heterocycles. The predicted molar refractivity (Wildman–Crippen MR) is 31.1 cm³/mol. The zero-order chi connectivity index (χ0) is 4.41. The molecule has 0 N–H and O–H groups in total. The first-order chi connectivity index (χ1) is 2.89. The third-order valence-corrected chi connectivity index (χ3v) is 1.70. The normalized spacial score (nSPS) is 22.8. The minimum atomic E-state index is 0.748. The largest absolute Gasteiger partial charge is 0.0884 e. The SMILES string of the molecule is BrC1CC=CC1. The van der Waals surface area contributed by atoms with Crippen LogP contribution in [0, 0.1) is 0 Å². The van der Waals surface area contributed by atoms with Gasteiger partial charge in [-0.25, -0.2) is 0 Å². The Morgan fingerprint density at radius 2 is 1.83 bits per heavy atom. The lowest BCUT2D eigenvalue weighted by Crippen LogP contribution is -1.83. The molecule has 1 heteroatoms. The number of rotatable bonds is 0. The number of hydrogen-bond acceptors (Lipinski definition) is 0. The smallest absolute Gasteiger partial charge is 0.0214 e. The van der Waals surface area contributed by atoms with E-state index in [0.717, 1.165) is 4.83 Å². The minimum Gasteiger partial charge on any atom is -0.0884 e. The van der Waals surface area contributed by atoms with Crippen LogP contribution >= 0.6 is 15.9 Å². The van der Waals surface area contributed by atoms with Gasteiger partial charge in [0.25, 0.3) is 0 Å². The van der Waals surface area contributed by atoms with Gasteiger partial charge in [-0.2, -0.15) is 0 Å². The van der Waals surface area contributed by atoms with Crippen molar-refractivity contribution in [2.24, 2.45) is 0 Å². The highest BCUT2D eigenvalue weighted by atomic mass is 79.9. The van der Waals surface area contributed by atoms with E-state index in [9.17, 15) is 0 Å². The lowest BCUT2D eigenvalue weighted by atomic mass is 10.4. The van der Waals surface area contributed by atoms with E-state index in [2.05, 4.69) is 28.1 Å². The van der Waals surface area contributed by atoms with Crippen molar-refractivity contribution in [3.63, 3.8) is 0 Å². The molecule has 6 heavy (non-hydrogen) atoms. The van der Waals surface area contributed by atoms with Crippen molar-refractivity contribution >= 4 is 15.9 Å². The molecule has 0 atom stereocenters. The average molecular weight is 147 g/mol. The van der Waals surface area contributed by atoms with E-state index in [1.807, 2.05) is 0 Å². The van der Waals surface area contributed by atoms with Gasteiger partial charge >= 0.3 is 0 Å². The van der Waals surface area contributed by atoms with Crippen molar-refractivity contribution in [1.29, 1.82) is 0 Å². The number of alkyl halides is 1. The standard InChI is InChI=1S/C5H7Br/c6-5-3-1-2-4-5/h1-2,5H,3-4H2. The lowest BCUT2D eigenvalue weighted by molar-refractivity contribution is 0.972. The summed E-state index contributed by atoms with van der Waals surface area (Å²) >= 11 is 3.48. The summed E-state index contributed by atoms with van der Waals surface area (Å²) in [5.74, 6) is 0. The second-order valence-corrected chi connectivity index (χ2v) is 2.84. The molecule has 34 valence electrons. The summed E-state index contributed by atoms with van der Waals surface area (Å²) in [7, 11) is 0. The van der Waals surface area contributed by atoms with Crippen LogP contribution in [0.3, 0.4) is 0 Å². The Kier molecular flexibility index (Phi) is 1.30. The highest BCUT2D eigenvalue weighted by Gasteiger charge is 2.02. The van der Waals surface area contributed by atoms with E-state index in [1.54, 1.807) is 0 Å². The number of allylic oxidation sites excluding steroid dienone is 2. The van der Waals surface area contributed by atoms with E-state index < -0.39 is 0 Å². The van der Waals surface area contributed by atoms with Crippen LogP contribution in [0.15, 0.2) is 12.2 Å². The first-order valence-electron chi connectivity index (χ1n) is 2.18. The second kappa shape index (κ2) is 1.78. The monoisotopic (exact) mass is 146 g/mol. The molecule has 1 aliphatic rings. The van der Waals surface area contributed by atoms with Crippen LogP contribution < -0.4 is 0 Å². The number of halogens is 1. The predicted octanol–water partition coefficient (Wildman–Crippen LogP) is 2.10. The molecule has 0 spiro atoms. The van der Waals surface area contributed by atoms with Gasteiger partial charge in [-0.15, -0.1) is 0 Å². The van der Waals surface area contributed by atoms with Crippen LogP contribution in [0.4, 0.5) is 0 Å². The third kappa shape index (κ3) is 0.839. The van der Waals surface area contributed by atoms with Crippen LogP contribution in [-0.2, 0) is 0 Å². The van der Waals surface area contributed by atoms with Gasteiger partial charge in [-0.1, -0.05) is 28.1 Å². The molecule has 0 fully saturated rings. The Balaban J connectivity index is 2.32. The van der Waals surface area contributed by atoms with Gasteiger partial charge in [0, 0.05) is 4.83 Å². The van der Waals surface area contributed by atoms with Crippen LogP contribution in [0.1, 0.15) is 12.8 Å². The van der Waals surface area contributed by atoms with Crippen LogP contribution in [-0.4, -0.2) is 4.83 Å². The fourth-order valence-electron chi connectivity index (χ4n) is 0.584. The Morgan fingerprint density at radius 3 is 2.00 bits per heavy atom. The molecule has 0 nitrogen and oxygen atoms in total. The molecule has 1 aliphatic carbocycles. The molecule has 0 saturated carbocycles. The van der Waals surface area contributed by atoms with Gasteiger partial charge in [-0.3, -0.25) is 0 Å². The van der Waals surface area contributed by atoms with Crippen molar-refractivity contribution in [2.75, 3.05) is 0 Å². The quantitative estimate of drug-likeness (QED) is 0.363. The van der Waals surface area contributed by atoms with Crippen molar-refractivity contribution in [3.8, 4) is 0 Å².